The first kappa shape index (κ1) is 11.7. The Kier molecular flexibility index (Phi) is 2.89. The molecule has 3 heterocycles. The van der Waals surface area contributed by atoms with E-state index in [9.17, 15) is 0 Å². The normalized spacial score (nSPS) is 13.4. The fraction of sp³-hybridized carbons (Fsp3) is 0.308. The van der Waals surface area contributed by atoms with Crippen LogP contribution in [0.2, 0.25) is 0 Å². The van der Waals surface area contributed by atoms with E-state index in [0.717, 1.165) is 24.6 Å². The third-order valence-electron chi connectivity index (χ3n) is 3.25. The number of nitrogens with zero attached hydrogens (tertiary/aromatic N) is 5. The highest BCUT2D eigenvalue weighted by Gasteiger charge is 2.24. The van der Waals surface area contributed by atoms with Crippen LogP contribution in [0.5, 0.6) is 0 Å². The molecule has 0 aliphatic carbocycles. The van der Waals surface area contributed by atoms with Gasteiger partial charge in [0.2, 0.25) is 0 Å². The molecule has 2 aromatic heterocycles. The van der Waals surface area contributed by atoms with Crippen LogP contribution in [0.1, 0.15) is 16.8 Å². The van der Waals surface area contributed by atoms with Crippen molar-refractivity contribution in [2.24, 2.45) is 0 Å². The summed E-state index contributed by atoms with van der Waals surface area (Å²) in [6.45, 7) is 2.10. The van der Waals surface area contributed by atoms with Crippen molar-refractivity contribution in [3.8, 4) is 6.07 Å². The van der Waals surface area contributed by atoms with Gasteiger partial charge < -0.3 is 10.0 Å². The van der Waals surface area contributed by atoms with E-state index in [-0.39, 0.29) is 6.61 Å². The third kappa shape index (κ3) is 2.04. The molecule has 0 fully saturated rings. The predicted molar refractivity (Wildman–Crippen MR) is 68.2 cm³/mol. The molecule has 0 unspecified atom stereocenters. The van der Waals surface area contributed by atoms with Crippen molar-refractivity contribution in [1.29, 1.82) is 5.26 Å². The average molecular weight is 255 g/mol. The van der Waals surface area contributed by atoms with Gasteiger partial charge in [0.25, 0.3) is 0 Å². The zero-order chi connectivity index (χ0) is 13.2. The summed E-state index contributed by atoms with van der Waals surface area (Å²) in [5.74, 6) is 0.853. The van der Waals surface area contributed by atoms with Gasteiger partial charge in [0.1, 0.15) is 11.9 Å². The lowest BCUT2D eigenvalue weighted by Gasteiger charge is -2.16. The lowest BCUT2D eigenvalue weighted by molar-refractivity contribution is 0.267. The summed E-state index contributed by atoms with van der Waals surface area (Å²) in [5.41, 5.74) is 2.85. The number of pyridine rings is 1. The molecule has 0 atom stereocenters. The molecule has 6 nitrogen and oxygen atoms in total. The van der Waals surface area contributed by atoms with Gasteiger partial charge >= 0.3 is 0 Å². The highest BCUT2D eigenvalue weighted by Crippen LogP contribution is 2.26. The fourth-order valence-electron chi connectivity index (χ4n) is 2.30. The Balaban J connectivity index is 1.81. The zero-order valence-electron chi connectivity index (χ0n) is 10.3. The van der Waals surface area contributed by atoms with Gasteiger partial charge in [-0.05, 0) is 12.1 Å². The maximum atomic E-state index is 8.99. The van der Waals surface area contributed by atoms with Gasteiger partial charge in [-0.25, -0.2) is 4.98 Å². The summed E-state index contributed by atoms with van der Waals surface area (Å²) in [5, 5.41) is 22.0. The highest BCUT2D eigenvalue weighted by atomic mass is 16.3. The molecule has 0 spiro atoms. The molecule has 1 aliphatic rings. The molecule has 6 heteroatoms. The van der Waals surface area contributed by atoms with Gasteiger partial charge in [0.05, 0.1) is 37.2 Å². The Bertz CT molecular complexity index is 625. The van der Waals surface area contributed by atoms with Crippen LogP contribution in [0.4, 0.5) is 5.82 Å². The lowest BCUT2D eigenvalue weighted by Crippen LogP contribution is -2.18. The Morgan fingerprint density at radius 2 is 2.21 bits per heavy atom. The number of fused-ring (bicyclic) bond motifs is 1. The summed E-state index contributed by atoms with van der Waals surface area (Å²) in [6, 6.07) is 5.68. The van der Waals surface area contributed by atoms with Crippen LogP contribution in [0.3, 0.4) is 0 Å². The van der Waals surface area contributed by atoms with Crippen LogP contribution >= 0.6 is 0 Å². The van der Waals surface area contributed by atoms with Gasteiger partial charge in [0, 0.05) is 18.3 Å². The Hall–Kier alpha value is -2.39. The van der Waals surface area contributed by atoms with Gasteiger partial charge in [-0.1, -0.05) is 0 Å². The maximum absolute atomic E-state index is 8.99. The van der Waals surface area contributed by atoms with Crippen molar-refractivity contribution >= 4 is 5.82 Å². The molecule has 19 heavy (non-hydrogen) atoms. The fourth-order valence-corrected chi connectivity index (χ4v) is 2.30. The summed E-state index contributed by atoms with van der Waals surface area (Å²) in [7, 11) is 0. The standard InChI is InChI=1S/C13H13N5O/c14-5-10-1-2-13(15-6-10)17-8-11-7-16-18(3-4-19)12(11)9-17/h1-2,6-7,19H,3-4,8-9H2. The van der Waals surface area contributed by atoms with Crippen molar-refractivity contribution in [1.82, 2.24) is 14.8 Å². The number of hydrogen-bond acceptors (Lipinski definition) is 5. The molecular weight excluding hydrogens is 242 g/mol. The molecule has 96 valence electrons. The van der Waals surface area contributed by atoms with Gasteiger partial charge in [-0.2, -0.15) is 10.4 Å². The lowest BCUT2D eigenvalue weighted by atomic mass is 10.3. The number of aromatic nitrogens is 3. The summed E-state index contributed by atoms with van der Waals surface area (Å²) < 4.78 is 1.83. The molecular formula is C13H13N5O. The Morgan fingerprint density at radius 1 is 1.32 bits per heavy atom. The van der Waals surface area contributed by atoms with E-state index in [0.29, 0.717) is 12.1 Å². The van der Waals surface area contributed by atoms with E-state index in [4.69, 9.17) is 10.4 Å². The second-order valence-electron chi connectivity index (χ2n) is 4.44. The molecule has 1 N–H and O–H groups in total. The molecule has 0 radical (unpaired) electrons. The second-order valence-corrected chi connectivity index (χ2v) is 4.44. The van der Waals surface area contributed by atoms with E-state index in [1.807, 2.05) is 16.9 Å². The Morgan fingerprint density at radius 3 is 2.89 bits per heavy atom. The van der Waals surface area contributed by atoms with Crippen LogP contribution < -0.4 is 4.90 Å². The molecule has 2 aromatic rings. The monoisotopic (exact) mass is 255 g/mol. The first-order valence-electron chi connectivity index (χ1n) is 6.07. The number of hydrogen-bond donors (Lipinski definition) is 1. The number of anilines is 1. The van der Waals surface area contributed by atoms with Crippen molar-refractivity contribution in [3.63, 3.8) is 0 Å². The number of rotatable bonds is 3. The van der Waals surface area contributed by atoms with Crippen LogP contribution in [0.15, 0.2) is 24.5 Å². The molecule has 0 amide bonds. The van der Waals surface area contributed by atoms with Crippen molar-refractivity contribution in [2.75, 3.05) is 11.5 Å². The van der Waals surface area contributed by atoms with Gasteiger partial charge in [-0.15, -0.1) is 0 Å². The minimum absolute atomic E-state index is 0.0865. The molecule has 3 rings (SSSR count). The topological polar surface area (TPSA) is 78.0 Å². The summed E-state index contributed by atoms with van der Waals surface area (Å²) in [6.07, 6.45) is 3.42. The molecule has 0 saturated heterocycles. The number of aliphatic hydroxyl groups excluding tert-OH is 1. The van der Waals surface area contributed by atoms with Crippen LogP contribution in [-0.4, -0.2) is 26.5 Å². The van der Waals surface area contributed by atoms with Crippen LogP contribution in [-0.2, 0) is 19.6 Å². The minimum atomic E-state index is 0.0865. The summed E-state index contributed by atoms with van der Waals surface area (Å²) in [4.78, 5) is 6.42. The van der Waals surface area contributed by atoms with E-state index >= 15 is 0 Å². The van der Waals surface area contributed by atoms with Crippen LogP contribution in [0, 0.1) is 11.3 Å². The number of nitriles is 1. The molecule has 1 aliphatic heterocycles. The van der Waals surface area contributed by atoms with Crippen molar-refractivity contribution in [2.45, 2.75) is 19.6 Å². The average Bonchev–Trinajstić information content (AvgIpc) is 3.01. The first-order valence-corrected chi connectivity index (χ1v) is 6.07. The SMILES string of the molecule is N#Cc1ccc(N2Cc3cnn(CCO)c3C2)nc1. The van der Waals surface area contributed by atoms with E-state index < -0.39 is 0 Å². The predicted octanol–water partition coefficient (Wildman–Crippen LogP) is 0.662. The van der Waals surface area contributed by atoms with Crippen molar-refractivity contribution < 1.29 is 5.11 Å². The van der Waals surface area contributed by atoms with Crippen LogP contribution in [0.25, 0.3) is 0 Å². The number of aliphatic hydroxyl groups is 1. The highest BCUT2D eigenvalue weighted by molar-refractivity contribution is 5.46. The first-order chi connectivity index (χ1) is 9.31. The quantitative estimate of drug-likeness (QED) is 0.871. The molecule has 0 bridgehead atoms. The van der Waals surface area contributed by atoms with E-state index in [2.05, 4.69) is 21.1 Å². The van der Waals surface area contributed by atoms with E-state index in [1.165, 1.54) is 5.56 Å². The minimum Gasteiger partial charge on any atom is -0.394 e. The van der Waals surface area contributed by atoms with E-state index in [1.54, 1.807) is 12.3 Å². The second kappa shape index (κ2) is 4.71. The maximum Gasteiger partial charge on any atom is 0.129 e. The van der Waals surface area contributed by atoms with Gasteiger partial charge in [-0.3, -0.25) is 4.68 Å². The zero-order valence-corrected chi connectivity index (χ0v) is 10.3. The smallest absolute Gasteiger partial charge is 0.129 e. The molecule has 0 saturated carbocycles. The third-order valence-corrected chi connectivity index (χ3v) is 3.25. The van der Waals surface area contributed by atoms with Crippen molar-refractivity contribution in [3.05, 3.63) is 41.3 Å². The van der Waals surface area contributed by atoms with Gasteiger partial charge in [0.15, 0.2) is 0 Å². The largest absolute Gasteiger partial charge is 0.394 e. The Labute approximate surface area is 110 Å². The summed E-state index contributed by atoms with van der Waals surface area (Å²) >= 11 is 0. The molecule has 0 aromatic carbocycles.